The number of hydrogen-bond donors (Lipinski definition) is 1. The van der Waals surface area contributed by atoms with Gasteiger partial charge in [-0.05, 0) is 48.5 Å². The van der Waals surface area contributed by atoms with Crippen molar-refractivity contribution >= 4 is 11.6 Å². The van der Waals surface area contributed by atoms with Crippen LogP contribution in [0.1, 0.15) is 0 Å². The summed E-state index contributed by atoms with van der Waals surface area (Å²) in [7, 11) is 0. The standard InChI is InChI=1S/C14H10F2N4/c15-10-1-5-12(6-2-10)18-14-19-17-9-20(14)13-7-3-11(16)4-8-13/h1-9H,(H,18,19). The number of nitrogens with zero attached hydrogens (tertiary/aromatic N) is 3. The van der Waals surface area contributed by atoms with Crippen molar-refractivity contribution in [2.75, 3.05) is 5.32 Å². The second-order valence-corrected chi connectivity index (χ2v) is 4.13. The highest BCUT2D eigenvalue weighted by molar-refractivity contribution is 5.55. The van der Waals surface area contributed by atoms with Gasteiger partial charge in [0.15, 0.2) is 0 Å². The van der Waals surface area contributed by atoms with Gasteiger partial charge >= 0.3 is 0 Å². The van der Waals surface area contributed by atoms with Crippen molar-refractivity contribution < 1.29 is 8.78 Å². The molecule has 0 saturated heterocycles. The zero-order valence-corrected chi connectivity index (χ0v) is 10.3. The van der Waals surface area contributed by atoms with E-state index in [-0.39, 0.29) is 11.6 Å². The van der Waals surface area contributed by atoms with Crippen LogP contribution in [-0.2, 0) is 0 Å². The zero-order valence-electron chi connectivity index (χ0n) is 10.3. The molecule has 100 valence electrons. The van der Waals surface area contributed by atoms with E-state index in [9.17, 15) is 8.78 Å². The second-order valence-electron chi connectivity index (χ2n) is 4.13. The van der Waals surface area contributed by atoms with Gasteiger partial charge in [-0.1, -0.05) is 0 Å². The monoisotopic (exact) mass is 272 g/mol. The number of benzene rings is 2. The normalized spacial score (nSPS) is 10.5. The quantitative estimate of drug-likeness (QED) is 0.795. The lowest BCUT2D eigenvalue weighted by Crippen LogP contribution is -2.01. The fraction of sp³-hybridized carbons (Fsp3) is 0. The molecular formula is C14H10F2N4. The molecule has 0 atom stereocenters. The molecule has 3 aromatic rings. The molecule has 0 amide bonds. The Labute approximate surface area is 113 Å². The van der Waals surface area contributed by atoms with Crippen molar-refractivity contribution in [3.63, 3.8) is 0 Å². The summed E-state index contributed by atoms with van der Waals surface area (Å²) in [6.07, 6.45) is 1.51. The van der Waals surface area contributed by atoms with E-state index < -0.39 is 0 Å². The molecule has 0 bridgehead atoms. The van der Waals surface area contributed by atoms with Crippen LogP contribution >= 0.6 is 0 Å². The van der Waals surface area contributed by atoms with E-state index in [1.807, 2.05) is 0 Å². The Morgan fingerprint density at radius 2 is 1.45 bits per heavy atom. The van der Waals surface area contributed by atoms with Crippen LogP contribution in [0.4, 0.5) is 20.4 Å². The number of hydrogen-bond acceptors (Lipinski definition) is 3. The third kappa shape index (κ3) is 2.49. The van der Waals surface area contributed by atoms with E-state index in [2.05, 4.69) is 15.5 Å². The Morgan fingerprint density at radius 1 is 0.850 bits per heavy atom. The minimum absolute atomic E-state index is 0.310. The van der Waals surface area contributed by atoms with Gasteiger partial charge in [0.1, 0.15) is 18.0 Å². The number of nitrogens with one attached hydrogen (secondary N) is 1. The van der Waals surface area contributed by atoms with E-state index in [0.717, 1.165) is 5.69 Å². The van der Waals surface area contributed by atoms with Crippen molar-refractivity contribution in [1.29, 1.82) is 0 Å². The van der Waals surface area contributed by atoms with Gasteiger partial charge in [0.05, 0.1) is 5.69 Å². The van der Waals surface area contributed by atoms with Crippen molar-refractivity contribution in [1.82, 2.24) is 14.8 Å². The lowest BCUT2D eigenvalue weighted by atomic mass is 10.3. The molecule has 0 aliphatic rings. The van der Waals surface area contributed by atoms with E-state index in [4.69, 9.17) is 0 Å². The van der Waals surface area contributed by atoms with E-state index >= 15 is 0 Å². The summed E-state index contributed by atoms with van der Waals surface area (Å²) >= 11 is 0. The average Bonchev–Trinajstić information content (AvgIpc) is 2.90. The SMILES string of the molecule is Fc1ccc(Nc2nncn2-c2ccc(F)cc2)cc1. The van der Waals surface area contributed by atoms with Crippen LogP contribution in [0.25, 0.3) is 5.69 Å². The Hall–Kier alpha value is -2.76. The fourth-order valence-corrected chi connectivity index (χ4v) is 1.77. The smallest absolute Gasteiger partial charge is 0.233 e. The van der Waals surface area contributed by atoms with Crippen LogP contribution < -0.4 is 5.32 Å². The summed E-state index contributed by atoms with van der Waals surface area (Å²) in [5, 5.41) is 10.8. The summed E-state index contributed by atoms with van der Waals surface area (Å²) in [5.41, 5.74) is 1.41. The van der Waals surface area contributed by atoms with Gasteiger partial charge in [0, 0.05) is 5.69 Å². The Morgan fingerprint density at radius 3 is 2.10 bits per heavy atom. The minimum Gasteiger partial charge on any atom is -0.324 e. The van der Waals surface area contributed by atoms with Gasteiger partial charge in [0.25, 0.3) is 0 Å². The highest BCUT2D eigenvalue weighted by Crippen LogP contribution is 2.18. The molecule has 0 saturated carbocycles. The maximum atomic E-state index is 12.9. The van der Waals surface area contributed by atoms with Crippen LogP contribution in [0.15, 0.2) is 54.9 Å². The first kappa shape index (κ1) is 12.3. The summed E-state index contributed by atoms with van der Waals surface area (Å²) in [5.74, 6) is -0.159. The summed E-state index contributed by atoms with van der Waals surface area (Å²) < 4.78 is 27.4. The first-order valence-electron chi connectivity index (χ1n) is 5.91. The van der Waals surface area contributed by atoms with Crippen molar-refractivity contribution in [3.8, 4) is 5.69 Å². The molecule has 1 aromatic heterocycles. The molecular weight excluding hydrogens is 262 g/mol. The maximum Gasteiger partial charge on any atom is 0.233 e. The molecule has 0 aliphatic carbocycles. The van der Waals surface area contributed by atoms with Crippen LogP contribution in [0.3, 0.4) is 0 Å². The molecule has 6 heteroatoms. The molecule has 20 heavy (non-hydrogen) atoms. The number of rotatable bonds is 3. The van der Waals surface area contributed by atoms with Crippen LogP contribution in [0, 0.1) is 11.6 Å². The van der Waals surface area contributed by atoms with Crippen molar-refractivity contribution in [3.05, 3.63) is 66.5 Å². The molecule has 2 aromatic carbocycles. The molecule has 1 N–H and O–H groups in total. The first-order valence-corrected chi connectivity index (χ1v) is 5.91. The molecule has 0 spiro atoms. The predicted octanol–water partition coefficient (Wildman–Crippen LogP) is 3.29. The lowest BCUT2D eigenvalue weighted by Gasteiger charge is -2.08. The number of anilines is 2. The first-order chi connectivity index (χ1) is 9.72. The van der Waals surface area contributed by atoms with Gasteiger partial charge in [-0.2, -0.15) is 0 Å². The largest absolute Gasteiger partial charge is 0.324 e. The van der Waals surface area contributed by atoms with Gasteiger partial charge < -0.3 is 5.32 Å². The highest BCUT2D eigenvalue weighted by Gasteiger charge is 2.06. The summed E-state index contributed by atoms with van der Waals surface area (Å²) in [6.45, 7) is 0. The van der Waals surface area contributed by atoms with Crippen LogP contribution in [0.2, 0.25) is 0 Å². The van der Waals surface area contributed by atoms with Gasteiger partial charge in [-0.3, -0.25) is 4.57 Å². The predicted molar refractivity (Wildman–Crippen MR) is 71.0 cm³/mol. The van der Waals surface area contributed by atoms with Gasteiger partial charge in [0.2, 0.25) is 5.95 Å². The third-order valence-electron chi connectivity index (χ3n) is 2.75. The molecule has 1 heterocycles. The lowest BCUT2D eigenvalue weighted by molar-refractivity contribution is 0.627. The molecule has 3 rings (SSSR count). The maximum absolute atomic E-state index is 12.9. The zero-order chi connectivity index (χ0) is 13.9. The molecule has 0 radical (unpaired) electrons. The highest BCUT2D eigenvalue weighted by atomic mass is 19.1. The van der Waals surface area contributed by atoms with E-state index in [1.54, 1.807) is 28.8 Å². The molecule has 0 unspecified atom stereocenters. The second kappa shape index (κ2) is 5.08. The summed E-state index contributed by atoms with van der Waals surface area (Å²) in [4.78, 5) is 0. The van der Waals surface area contributed by atoms with Crippen LogP contribution in [-0.4, -0.2) is 14.8 Å². The van der Waals surface area contributed by atoms with E-state index in [0.29, 0.717) is 11.6 Å². The molecule has 4 nitrogen and oxygen atoms in total. The van der Waals surface area contributed by atoms with Crippen LogP contribution in [0.5, 0.6) is 0 Å². The van der Waals surface area contributed by atoms with Crippen molar-refractivity contribution in [2.45, 2.75) is 0 Å². The average molecular weight is 272 g/mol. The molecule has 0 aliphatic heterocycles. The number of halogens is 2. The minimum atomic E-state index is -0.310. The van der Waals surface area contributed by atoms with Gasteiger partial charge in [-0.15, -0.1) is 10.2 Å². The third-order valence-corrected chi connectivity index (χ3v) is 2.75. The fourth-order valence-electron chi connectivity index (χ4n) is 1.77. The van der Waals surface area contributed by atoms with Crippen molar-refractivity contribution in [2.24, 2.45) is 0 Å². The Balaban J connectivity index is 1.90. The molecule has 0 fully saturated rings. The Bertz CT molecular complexity index is 705. The topological polar surface area (TPSA) is 42.7 Å². The number of aromatic nitrogens is 3. The van der Waals surface area contributed by atoms with E-state index in [1.165, 1.54) is 30.6 Å². The Kier molecular flexibility index (Phi) is 3.12. The summed E-state index contributed by atoms with van der Waals surface area (Å²) in [6, 6.07) is 11.8. The van der Waals surface area contributed by atoms with Gasteiger partial charge in [-0.25, -0.2) is 8.78 Å².